The van der Waals surface area contributed by atoms with Gasteiger partial charge in [-0.2, -0.15) is 0 Å². The average Bonchev–Trinajstić information content (AvgIpc) is 0.918. The summed E-state index contributed by atoms with van der Waals surface area (Å²) < 4.78 is 0. The van der Waals surface area contributed by atoms with Crippen LogP contribution in [-0.4, -0.2) is 11.7 Å². The Hall–Kier alpha value is 1.34. The first-order valence-electron chi connectivity index (χ1n) is 1.02. The molecule has 0 spiro atoms. The summed E-state index contributed by atoms with van der Waals surface area (Å²) in [5, 5.41) is 7.57. The van der Waals surface area contributed by atoms with Crippen LogP contribution in [0.2, 0.25) is 0 Å². The Morgan fingerprint density at radius 1 is 1.75 bits per heavy atom. The predicted molar refractivity (Wildman–Crippen MR) is 12.8 cm³/mol. The van der Waals surface area contributed by atoms with Gasteiger partial charge in [-0.25, -0.2) is 0 Å². The van der Waals surface area contributed by atoms with Crippen LogP contribution in [0.25, 0.3) is 0 Å². The van der Waals surface area contributed by atoms with Gasteiger partial charge >= 0.3 is 41.7 Å². The van der Waals surface area contributed by atoms with Crippen LogP contribution in [0.4, 0.5) is 0 Å². The maximum absolute atomic E-state index is 7.57. The fourth-order valence-electron chi connectivity index (χ4n) is 0. The molecule has 0 fully saturated rings. The monoisotopic (exact) mass is 186 g/mol. The van der Waals surface area contributed by atoms with Gasteiger partial charge in [0.2, 0.25) is 0 Å². The van der Waals surface area contributed by atoms with E-state index in [1.807, 2.05) is 0 Å². The van der Waals surface area contributed by atoms with E-state index in [2.05, 4.69) is 0 Å². The van der Waals surface area contributed by atoms with Gasteiger partial charge in [-0.05, 0) is 6.92 Å². The molecule has 0 aliphatic rings. The van der Waals surface area contributed by atoms with Crippen molar-refractivity contribution in [1.82, 2.24) is 0 Å². The summed E-state index contributed by atoms with van der Waals surface area (Å²) in [6.07, 6.45) is 0. The van der Waals surface area contributed by atoms with Gasteiger partial charge in [0.05, 0.1) is 0 Å². The van der Waals surface area contributed by atoms with Crippen LogP contribution >= 0.6 is 0 Å². The summed E-state index contributed by atoms with van der Waals surface area (Å²) in [6, 6.07) is 0. The van der Waals surface area contributed by atoms with Gasteiger partial charge in [-0.15, -0.1) is 0 Å². The van der Waals surface area contributed by atoms with E-state index in [0.717, 1.165) is 0 Å². The van der Waals surface area contributed by atoms with Crippen molar-refractivity contribution >= 4 is 0 Å². The first-order chi connectivity index (χ1) is 1.41. The topological polar surface area (TPSA) is 20.2 Å². The molecule has 0 radical (unpaired) electrons. The number of rotatable bonds is 0. The van der Waals surface area contributed by atoms with E-state index in [1.54, 1.807) is 6.92 Å². The van der Waals surface area contributed by atoms with Crippen LogP contribution in [0.5, 0.6) is 0 Å². The number of hydrogen-bond donors (Lipinski definition) is 1. The molecule has 20 valence electrons. The minimum Gasteiger partial charge on any atom is -0.397 e. The molecule has 4 heavy (non-hydrogen) atoms. The fourth-order valence-corrected chi connectivity index (χ4v) is 0. The first-order valence-corrected chi connectivity index (χ1v) is 1.02. The molecule has 0 amide bonds. The van der Waals surface area contributed by atoms with Crippen molar-refractivity contribution < 1.29 is 46.9 Å². The van der Waals surface area contributed by atoms with E-state index >= 15 is 0 Å². The second kappa shape index (κ2) is 8.84. The van der Waals surface area contributed by atoms with Crippen LogP contribution in [0.15, 0.2) is 0 Å². The molecule has 0 bridgehead atoms. The third-order valence-corrected chi connectivity index (χ3v) is 0. The van der Waals surface area contributed by atoms with E-state index in [9.17, 15) is 0 Å². The molecule has 0 atom stereocenters. The largest absolute Gasteiger partial charge is 4.00 e. The standard InChI is InChI=1S/C2H6O.Ce/c1-2-3;/h3H,2H2,1H3;/q;+4. The zero-order chi connectivity index (χ0) is 2.71. The molecule has 0 rings (SSSR count). The van der Waals surface area contributed by atoms with E-state index < -0.39 is 0 Å². The van der Waals surface area contributed by atoms with Gasteiger partial charge in [-0.3, -0.25) is 0 Å². The van der Waals surface area contributed by atoms with Gasteiger partial charge in [0.25, 0.3) is 0 Å². The molecule has 0 saturated heterocycles. The molecular formula is C2H6CeO+4. The minimum atomic E-state index is 0. The summed E-state index contributed by atoms with van der Waals surface area (Å²) in [5.41, 5.74) is 0. The van der Waals surface area contributed by atoms with E-state index in [0.29, 0.717) is 0 Å². The molecule has 0 aromatic carbocycles. The molecule has 0 aliphatic heterocycles. The third kappa shape index (κ3) is 10.2. The molecule has 1 N–H and O–H groups in total. The van der Waals surface area contributed by atoms with Crippen LogP contribution in [0, 0.1) is 41.7 Å². The van der Waals surface area contributed by atoms with Crippen molar-refractivity contribution in [3.63, 3.8) is 0 Å². The number of hydrogen-bond acceptors (Lipinski definition) is 1. The SMILES string of the molecule is CCO.[Ce+4]. The molecule has 0 saturated carbocycles. The molecule has 0 aromatic heterocycles. The van der Waals surface area contributed by atoms with Crippen molar-refractivity contribution in [3.05, 3.63) is 0 Å². The molecule has 1 nitrogen and oxygen atoms in total. The Balaban J connectivity index is 0. The normalized spacial score (nSPS) is 4.50. The Labute approximate surface area is 59.8 Å². The summed E-state index contributed by atoms with van der Waals surface area (Å²) in [4.78, 5) is 0. The Morgan fingerprint density at radius 3 is 1.75 bits per heavy atom. The summed E-state index contributed by atoms with van der Waals surface area (Å²) in [6.45, 7) is 1.93. The van der Waals surface area contributed by atoms with Gasteiger partial charge in [-0.1, -0.05) is 0 Å². The number of aliphatic hydroxyl groups is 1. The third-order valence-electron chi connectivity index (χ3n) is 0. The number of aliphatic hydroxyl groups excluding tert-OH is 1. The molecule has 0 aromatic rings. The zero-order valence-corrected chi connectivity index (χ0v) is 5.79. The van der Waals surface area contributed by atoms with Crippen molar-refractivity contribution in [3.8, 4) is 0 Å². The van der Waals surface area contributed by atoms with Gasteiger partial charge in [0.15, 0.2) is 0 Å². The Kier molecular flexibility index (Phi) is 19.9. The Bertz CT molecular complexity index is 6.00. The summed E-state index contributed by atoms with van der Waals surface area (Å²) in [5.74, 6) is 0. The van der Waals surface area contributed by atoms with Crippen LogP contribution in [-0.2, 0) is 0 Å². The molecule has 0 aliphatic carbocycles. The van der Waals surface area contributed by atoms with Crippen molar-refractivity contribution in [2.75, 3.05) is 6.61 Å². The second-order valence-electron chi connectivity index (χ2n) is 0.316. The predicted octanol–water partition coefficient (Wildman–Crippen LogP) is -0.00140. The van der Waals surface area contributed by atoms with E-state index in [-0.39, 0.29) is 48.4 Å². The zero-order valence-electron chi connectivity index (χ0n) is 2.65. The molecular weight excluding hydrogens is 180 g/mol. The van der Waals surface area contributed by atoms with Crippen LogP contribution in [0.3, 0.4) is 0 Å². The van der Waals surface area contributed by atoms with E-state index in [1.165, 1.54) is 0 Å². The second-order valence-corrected chi connectivity index (χ2v) is 0.316. The van der Waals surface area contributed by atoms with Crippen LogP contribution < -0.4 is 0 Å². The van der Waals surface area contributed by atoms with Crippen molar-refractivity contribution in [2.24, 2.45) is 0 Å². The average molecular weight is 186 g/mol. The smallest absolute Gasteiger partial charge is 0.397 e. The molecule has 0 heterocycles. The van der Waals surface area contributed by atoms with Crippen LogP contribution in [0.1, 0.15) is 6.92 Å². The van der Waals surface area contributed by atoms with Crippen molar-refractivity contribution in [1.29, 1.82) is 0 Å². The van der Waals surface area contributed by atoms with Gasteiger partial charge in [0.1, 0.15) is 0 Å². The molecule has 2 heteroatoms. The Morgan fingerprint density at radius 2 is 1.75 bits per heavy atom. The maximum atomic E-state index is 7.57. The molecule has 0 unspecified atom stereocenters. The van der Waals surface area contributed by atoms with Crippen molar-refractivity contribution in [2.45, 2.75) is 6.92 Å². The maximum Gasteiger partial charge on any atom is 4.00 e. The minimum absolute atomic E-state index is 0. The summed E-state index contributed by atoms with van der Waals surface area (Å²) in [7, 11) is 0. The first kappa shape index (κ1) is 9.01. The quantitative estimate of drug-likeness (QED) is 0.564. The van der Waals surface area contributed by atoms with Gasteiger partial charge in [0, 0.05) is 6.61 Å². The van der Waals surface area contributed by atoms with E-state index in [4.69, 9.17) is 5.11 Å². The summed E-state index contributed by atoms with van der Waals surface area (Å²) >= 11 is 0. The van der Waals surface area contributed by atoms with Gasteiger partial charge < -0.3 is 5.11 Å². The fraction of sp³-hybridized carbons (Fsp3) is 1.00.